The molecule has 5 heteroatoms. The number of halogens is 3. The highest BCUT2D eigenvalue weighted by Gasteiger charge is 2.07. The Kier molecular flexibility index (Phi) is 5.55. The van der Waals surface area contributed by atoms with Crippen LogP contribution < -0.4 is 10.1 Å². The van der Waals surface area contributed by atoms with Crippen LogP contribution in [0, 0.1) is 0 Å². The molecule has 2 aromatic rings. The highest BCUT2D eigenvalue weighted by atomic mass is 35.5. The van der Waals surface area contributed by atoms with Crippen molar-refractivity contribution in [1.29, 1.82) is 0 Å². The van der Waals surface area contributed by atoms with Crippen LogP contribution >= 0.6 is 34.8 Å². The van der Waals surface area contributed by atoms with Gasteiger partial charge in [0.05, 0.1) is 15.1 Å². The number of hydrogen-bond acceptors (Lipinski definition) is 2. The Morgan fingerprint density at radius 2 is 1.65 bits per heavy atom. The summed E-state index contributed by atoms with van der Waals surface area (Å²) >= 11 is 17.9. The van der Waals surface area contributed by atoms with Gasteiger partial charge in [0.25, 0.3) is 0 Å². The number of benzene rings is 2. The maximum Gasteiger partial charge on any atom is 0.139 e. The lowest BCUT2D eigenvalue weighted by atomic mass is 10.1. The largest absolute Gasteiger partial charge is 0.487 e. The standard InChI is InChI=1S/C15H14Cl3NO/c1-19-8-10-3-2-4-11(5-10)9-20-15-7-13(17)12(16)6-14(15)18/h2-7,19H,8-9H2,1H3. The Bertz CT molecular complexity index is 602. The van der Waals surface area contributed by atoms with Gasteiger partial charge in [0.2, 0.25) is 0 Å². The molecule has 0 fully saturated rings. The van der Waals surface area contributed by atoms with Gasteiger partial charge in [-0.25, -0.2) is 0 Å². The minimum atomic E-state index is 0.417. The van der Waals surface area contributed by atoms with Crippen molar-refractivity contribution in [2.75, 3.05) is 7.05 Å². The van der Waals surface area contributed by atoms with Gasteiger partial charge in [-0.15, -0.1) is 0 Å². The minimum absolute atomic E-state index is 0.417. The van der Waals surface area contributed by atoms with Gasteiger partial charge < -0.3 is 10.1 Å². The van der Waals surface area contributed by atoms with Crippen LogP contribution in [-0.2, 0) is 13.2 Å². The molecule has 0 aromatic heterocycles. The summed E-state index contributed by atoms with van der Waals surface area (Å²) in [6, 6.07) is 11.4. The maximum atomic E-state index is 6.07. The molecule has 0 aliphatic rings. The van der Waals surface area contributed by atoms with Gasteiger partial charge in [-0.05, 0) is 24.2 Å². The predicted octanol–water partition coefficient (Wildman–Crippen LogP) is 4.95. The van der Waals surface area contributed by atoms with Gasteiger partial charge in [-0.2, -0.15) is 0 Å². The third-order valence-electron chi connectivity index (χ3n) is 2.74. The van der Waals surface area contributed by atoms with Crippen molar-refractivity contribution >= 4 is 34.8 Å². The van der Waals surface area contributed by atoms with Crippen LogP contribution in [0.5, 0.6) is 5.75 Å². The summed E-state index contributed by atoms with van der Waals surface area (Å²) in [6.45, 7) is 1.25. The molecule has 0 saturated heterocycles. The Hall–Kier alpha value is -0.930. The topological polar surface area (TPSA) is 21.3 Å². The summed E-state index contributed by atoms with van der Waals surface area (Å²) in [4.78, 5) is 0. The molecule has 20 heavy (non-hydrogen) atoms. The quantitative estimate of drug-likeness (QED) is 0.784. The van der Waals surface area contributed by atoms with Crippen molar-refractivity contribution in [3.63, 3.8) is 0 Å². The lowest BCUT2D eigenvalue weighted by Gasteiger charge is -2.10. The van der Waals surface area contributed by atoms with E-state index in [2.05, 4.69) is 17.4 Å². The van der Waals surface area contributed by atoms with Crippen molar-refractivity contribution < 1.29 is 4.74 Å². The van der Waals surface area contributed by atoms with Gasteiger partial charge in [-0.1, -0.05) is 59.1 Å². The van der Waals surface area contributed by atoms with Gasteiger partial charge in [0, 0.05) is 12.6 Å². The monoisotopic (exact) mass is 329 g/mol. The van der Waals surface area contributed by atoms with Crippen molar-refractivity contribution in [3.05, 3.63) is 62.6 Å². The smallest absolute Gasteiger partial charge is 0.139 e. The molecule has 2 rings (SSSR count). The van der Waals surface area contributed by atoms with E-state index in [1.807, 2.05) is 19.2 Å². The third-order valence-corrected chi connectivity index (χ3v) is 3.76. The van der Waals surface area contributed by atoms with Crippen LogP contribution in [0.1, 0.15) is 11.1 Å². The number of rotatable bonds is 5. The molecule has 0 saturated carbocycles. The second-order valence-corrected chi connectivity index (χ2v) is 5.56. The van der Waals surface area contributed by atoms with Crippen LogP contribution in [-0.4, -0.2) is 7.05 Å². The Balaban J connectivity index is 2.08. The van der Waals surface area contributed by atoms with E-state index in [-0.39, 0.29) is 0 Å². The van der Waals surface area contributed by atoms with Gasteiger partial charge in [0.15, 0.2) is 0 Å². The molecule has 0 heterocycles. The van der Waals surface area contributed by atoms with E-state index in [9.17, 15) is 0 Å². The summed E-state index contributed by atoms with van der Waals surface area (Å²) < 4.78 is 5.70. The molecule has 0 spiro atoms. The van der Waals surface area contributed by atoms with E-state index in [1.165, 1.54) is 5.56 Å². The summed E-state index contributed by atoms with van der Waals surface area (Å²) in [7, 11) is 1.92. The highest BCUT2D eigenvalue weighted by Crippen LogP contribution is 2.34. The first-order chi connectivity index (χ1) is 9.60. The first-order valence-electron chi connectivity index (χ1n) is 6.10. The van der Waals surface area contributed by atoms with Crippen LogP contribution in [0.3, 0.4) is 0 Å². The molecule has 2 nitrogen and oxygen atoms in total. The highest BCUT2D eigenvalue weighted by molar-refractivity contribution is 6.43. The number of ether oxygens (including phenoxy) is 1. The molecule has 1 N–H and O–H groups in total. The van der Waals surface area contributed by atoms with Crippen LogP contribution in [0.2, 0.25) is 15.1 Å². The van der Waals surface area contributed by atoms with E-state index >= 15 is 0 Å². The average molecular weight is 331 g/mol. The number of nitrogens with one attached hydrogen (secondary N) is 1. The molecular formula is C15H14Cl3NO. The zero-order valence-electron chi connectivity index (χ0n) is 10.9. The first kappa shape index (κ1) is 15.5. The molecule has 0 radical (unpaired) electrons. The van der Waals surface area contributed by atoms with Crippen molar-refractivity contribution in [2.45, 2.75) is 13.2 Å². The zero-order chi connectivity index (χ0) is 14.5. The predicted molar refractivity (Wildman–Crippen MR) is 85.0 cm³/mol. The van der Waals surface area contributed by atoms with E-state index in [0.717, 1.165) is 12.1 Å². The molecule has 0 aliphatic heterocycles. The van der Waals surface area contributed by atoms with Crippen molar-refractivity contribution in [1.82, 2.24) is 5.32 Å². The molecule has 0 atom stereocenters. The molecular weight excluding hydrogens is 317 g/mol. The van der Waals surface area contributed by atoms with Crippen LogP contribution in [0.25, 0.3) is 0 Å². The van der Waals surface area contributed by atoms with E-state index < -0.39 is 0 Å². The fraction of sp³-hybridized carbons (Fsp3) is 0.200. The molecule has 106 valence electrons. The minimum Gasteiger partial charge on any atom is -0.487 e. The van der Waals surface area contributed by atoms with Crippen LogP contribution in [0.15, 0.2) is 36.4 Å². The fourth-order valence-corrected chi connectivity index (χ4v) is 2.40. The summed E-state index contributed by atoms with van der Waals surface area (Å²) in [6.07, 6.45) is 0. The molecule has 0 unspecified atom stereocenters. The maximum absolute atomic E-state index is 6.07. The molecule has 2 aromatic carbocycles. The lowest BCUT2D eigenvalue weighted by Crippen LogP contribution is -2.05. The second-order valence-electron chi connectivity index (χ2n) is 4.34. The van der Waals surface area contributed by atoms with Gasteiger partial charge >= 0.3 is 0 Å². The number of hydrogen-bond donors (Lipinski definition) is 1. The summed E-state index contributed by atoms with van der Waals surface area (Å²) in [5.41, 5.74) is 2.27. The normalized spacial score (nSPS) is 10.6. The Morgan fingerprint density at radius 1 is 0.950 bits per heavy atom. The summed E-state index contributed by atoms with van der Waals surface area (Å²) in [5, 5.41) is 4.41. The fourth-order valence-electron chi connectivity index (χ4n) is 1.81. The third kappa shape index (κ3) is 4.03. The average Bonchev–Trinajstić information content (AvgIpc) is 2.42. The van der Waals surface area contributed by atoms with E-state index in [1.54, 1.807) is 12.1 Å². The van der Waals surface area contributed by atoms with E-state index in [4.69, 9.17) is 39.5 Å². The molecule has 0 bridgehead atoms. The van der Waals surface area contributed by atoms with Gasteiger partial charge in [-0.3, -0.25) is 0 Å². The summed E-state index contributed by atoms with van der Waals surface area (Å²) in [5.74, 6) is 0.528. The molecule has 0 amide bonds. The second kappa shape index (κ2) is 7.19. The Labute approximate surface area is 133 Å². The van der Waals surface area contributed by atoms with Crippen molar-refractivity contribution in [3.8, 4) is 5.75 Å². The van der Waals surface area contributed by atoms with Crippen LogP contribution in [0.4, 0.5) is 0 Å². The van der Waals surface area contributed by atoms with Crippen molar-refractivity contribution in [2.24, 2.45) is 0 Å². The SMILES string of the molecule is CNCc1cccc(COc2cc(Cl)c(Cl)cc2Cl)c1. The lowest BCUT2D eigenvalue weighted by molar-refractivity contribution is 0.306. The molecule has 0 aliphatic carbocycles. The zero-order valence-corrected chi connectivity index (χ0v) is 13.2. The van der Waals surface area contributed by atoms with Gasteiger partial charge in [0.1, 0.15) is 12.4 Å². The van der Waals surface area contributed by atoms with E-state index in [0.29, 0.717) is 27.4 Å². The first-order valence-corrected chi connectivity index (χ1v) is 7.23. The Morgan fingerprint density at radius 3 is 2.40 bits per heavy atom.